The molecule has 2 rings (SSSR count). The molecule has 1 aromatic heterocycles. The predicted molar refractivity (Wildman–Crippen MR) is 66.8 cm³/mol. The quantitative estimate of drug-likeness (QED) is 0.849. The number of aromatic nitrogens is 2. The van der Waals surface area contributed by atoms with E-state index in [4.69, 9.17) is 4.74 Å². The van der Waals surface area contributed by atoms with Crippen LogP contribution in [0.5, 0.6) is 11.5 Å². The molecule has 0 radical (unpaired) electrons. The Morgan fingerprint density at radius 1 is 1.31 bits per heavy atom. The molecule has 84 valence electrons. The van der Waals surface area contributed by atoms with Gasteiger partial charge in [0.25, 0.3) is 0 Å². The first-order valence-electron chi connectivity index (χ1n) is 5.13. The molecule has 0 aliphatic carbocycles. The summed E-state index contributed by atoms with van der Waals surface area (Å²) in [5.41, 5.74) is 0. The molecule has 0 spiro atoms. The van der Waals surface area contributed by atoms with Crippen molar-refractivity contribution in [1.82, 2.24) is 9.78 Å². The van der Waals surface area contributed by atoms with Crippen LogP contribution in [0.15, 0.2) is 41.1 Å². The first-order chi connectivity index (χ1) is 7.65. The van der Waals surface area contributed by atoms with E-state index in [1.807, 2.05) is 35.1 Å². The first-order valence-corrected chi connectivity index (χ1v) is 5.92. The topological polar surface area (TPSA) is 27.1 Å². The van der Waals surface area contributed by atoms with Crippen molar-refractivity contribution >= 4 is 15.9 Å². The zero-order chi connectivity index (χ0) is 11.5. The second-order valence-corrected chi connectivity index (χ2v) is 4.72. The molecule has 16 heavy (non-hydrogen) atoms. The summed E-state index contributed by atoms with van der Waals surface area (Å²) in [5.74, 6) is 1.56. The lowest BCUT2D eigenvalue weighted by Gasteiger charge is -2.04. The lowest BCUT2D eigenvalue weighted by atomic mass is 10.3. The average molecular weight is 281 g/mol. The van der Waals surface area contributed by atoms with E-state index in [1.165, 1.54) is 0 Å². The highest BCUT2D eigenvalue weighted by Crippen LogP contribution is 2.24. The summed E-state index contributed by atoms with van der Waals surface area (Å²) in [7, 11) is 0. The van der Waals surface area contributed by atoms with E-state index in [2.05, 4.69) is 34.9 Å². The van der Waals surface area contributed by atoms with Crippen LogP contribution in [0, 0.1) is 0 Å². The van der Waals surface area contributed by atoms with Gasteiger partial charge in [-0.15, -0.1) is 0 Å². The second-order valence-electron chi connectivity index (χ2n) is 3.81. The highest BCUT2D eigenvalue weighted by atomic mass is 79.9. The molecule has 1 aromatic carbocycles. The molecule has 0 saturated heterocycles. The van der Waals surface area contributed by atoms with Gasteiger partial charge in [0.15, 0.2) is 5.75 Å². The number of rotatable bonds is 3. The van der Waals surface area contributed by atoms with Crippen molar-refractivity contribution in [3.05, 3.63) is 41.1 Å². The number of benzene rings is 1. The fourth-order valence-electron chi connectivity index (χ4n) is 1.32. The van der Waals surface area contributed by atoms with Gasteiger partial charge in [-0.2, -0.15) is 5.10 Å². The van der Waals surface area contributed by atoms with Gasteiger partial charge in [-0.3, -0.25) is 4.68 Å². The minimum atomic E-state index is 0.347. The SMILES string of the molecule is CC(C)n1cc(Oc2cccc(Br)c2)cn1. The maximum atomic E-state index is 5.68. The number of hydrogen-bond donors (Lipinski definition) is 0. The largest absolute Gasteiger partial charge is 0.454 e. The van der Waals surface area contributed by atoms with E-state index in [0.29, 0.717) is 6.04 Å². The van der Waals surface area contributed by atoms with E-state index in [0.717, 1.165) is 16.0 Å². The number of nitrogens with zero attached hydrogens (tertiary/aromatic N) is 2. The first kappa shape index (κ1) is 11.2. The van der Waals surface area contributed by atoms with Crippen molar-refractivity contribution in [1.29, 1.82) is 0 Å². The van der Waals surface area contributed by atoms with E-state index in [9.17, 15) is 0 Å². The van der Waals surface area contributed by atoms with E-state index >= 15 is 0 Å². The molecule has 0 aliphatic heterocycles. The third kappa shape index (κ3) is 2.64. The lowest BCUT2D eigenvalue weighted by Crippen LogP contribution is -1.99. The number of hydrogen-bond acceptors (Lipinski definition) is 2. The Kier molecular flexibility index (Phi) is 3.29. The van der Waals surface area contributed by atoms with Crippen LogP contribution in [0.4, 0.5) is 0 Å². The minimum Gasteiger partial charge on any atom is -0.454 e. The van der Waals surface area contributed by atoms with E-state index in [1.54, 1.807) is 6.20 Å². The zero-order valence-electron chi connectivity index (χ0n) is 9.22. The summed E-state index contributed by atoms with van der Waals surface area (Å²) >= 11 is 3.40. The summed E-state index contributed by atoms with van der Waals surface area (Å²) in [4.78, 5) is 0. The van der Waals surface area contributed by atoms with Crippen LogP contribution < -0.4 is 4.74 Å². The highest BCUT2D eigenvalue weighted by Gasteiger charge is 2.03. The molecule has 2 aromatic rings. The third-order valence-electron chi connectivity index (χ3n) is 2.14. The van der Waals surface area contributed by atoms with Crippen LogP contribution in [-0.2, 0) is 0 Å². The van der Waals surface area contributed by atoms with Crippen molar-refractivity contribution in [2.45, 2.75) is 19.9 Å². The van der Waals surface area contributed by atoms with Gasteiger partial charge in [0.2, 0.25) is 0 Å². The van der Waals surface area contributed by atoms with Crippen LogP contribution in [-0.4, -0.2) is 9.78 Å². The Labute approximate surface area is 103 Å². The Bertz CT molecular complexity index is 479. The fourth-order valence-corrected chi connectivity index (χ4v) is 1.70. The fraction of sp³-hybridized carbons (Fsp3) is 0.250. The van der Waals surface area contributed by atoms with Crippen molar-refractivity contribution in [2.75, 3.05) is 0 Å². The minimum absolute atomic E-state index is 0.347. The molecule has 0 saturated carbocycles. The molecule has 0 aliphatic rings. The van der Waals surface area contributed by atoms with Crippen LogP contribution in [0.1, 0.15) is 19.9 Å². The molecule has 3 nitrogen and oxygen atoms in total. The van der Waals surface area contributed by atoms with Gasteiger partial charge in [0, 0.05) is 10.5 Å². The smallest absolute Gasteiger partial charge is 0.165 e. The van der Waals surface area contributed by atoms with Crippen molar-refractivity contribution in [3.8, 4) is 11.5 Å². The van der Waals surface area contributed by atoms with Crippen LogP contribution in [0.2, 0.25) is 0 Å². The molecular formula is C12H13BrN2O. The van der Waals surface area contributed by atoms with Crippen LogP contribution in [0.3, 0.4) is 0 Å². The Hall–Kier alpha value is -1.29. The van der Waals surface area contributed by atoms with Gasteiger partial charge in [0.1, 0.15) is 5.75 Å². The van der Waals surface area contributed by atoms with Crippen LogP contribution >= 0.6 is 15.9 Å². The van der Waals surface area contributed by atoms with E-state index in [-0.39, 0.29) is 0 Å². The Morgan fingerprint density at radius 3 is 2.75 bits per heavy atom. The summed E-state index contributed by atoms with van der Waals surface area (Å²) in [6, 6.07) is 8.08. The van der Waals surface area contributed by atoms with Crippen molar-refractivity contribution in [3.63, 3.8) is 0 Å². The molecule has 0 unspecified atom stereocenters. The highest BCUT2D eigenvalue weighted by molar-refractivity contribution is 9.10. The molecule has 4 heteroatoms. The Morgan fingerprint density at radius 2 is 2.12 bits per heavy atom. The van der Waals surface area contributed by atoms with Gasteiger partial charge < -0.3 is 4.74 Å². The van der Waals surface area contributed by atoms with Gasteiger partial charge in [-0.1, -0.05) is 22.0 Å². The molecule has 0 N–H and O–H groups in total. The number of halogens is 1. The second kappa shape index (κ2) is 4.70. The monoisotopic (exact) mass is 280 g/mol. The lowest BCUT2D eigenvalue weighted by molar-refractivity contribution is 0.477. The van der Waals surface area contributed by atoms with Gasteiger partial charge in [-0.25, -0.2) is 0 Å². The van der Waals surface area contributed by atoms with Crippen LogP contribution in [0.25, 0.3) is 0 Å². The standard InChI is InChI=1S/C12H13BrN2O/c1-9(2)15-8-12(7-14-15)16-11-5-3-4-10(13)6-11/h3-9H,1-2H3. The van der Waals surface area contributed by atoms with Gasteiger partial charge >= 0.3 is 0 Å². The molecule has 1 heterocycles. The van der Waals surface area contributed by atoms with Crippen molar-refractivity contribution < 1.29 is 4.74 Å². The molecule has 0 fully saturated rings. The summed E-state index contributed by atoms with van der Waals surface area (Å²) in [6.45, 7) is 4.16. The summed E-state index contributed by atoms with van der Waals surface area (Å²) in [6.07, 6.45) is 3.62. The van der Waals surface area contributed by atoms with E-state index < -0.39 is 0 Å². The summed E-state index contributed by atoms with van der Waals surface area (Å²) < 4.78 is 8.55. The maximum Gasteiger partial charge on any atom is 0.165 e. The third-order valence-corrected chi connectivity index (χ3v) is 2.63. The Balaban J connectivity index is 2.14. The van der Waals surface area contributed by atoms with Gasteiger partial charge in [-0.05, 0) is 32.0 Å². The van der Waals surface area contributed by atoms with Crippen molar-refractivity contribution in [2.24, 2.45) is 0 Å². The normalized spacial score (nSPS) is 10.8. The molecule has 0 amide bonds. The zero-order valence-corrected chi connectivity index (χ0v) is 10.8. The molecule has 0 atom stereocenters. The predicted octanol–water partition coefficient (Wildman–Crippen LogP) is 4.02. The van der Waals surface area contributed by atoms with Gasteiger partial charge in [0.05, 0.1) is 12.4 Å². The summed E-state index contributed by atoms with van der Waals surface area (Å²) in [5, 5.41) is 4.21. The molecule has 0 bridgehead atoms. The average Bonchev–Trinajstić information content (AvgIpc) is 2.66. The number of ether oxygens (including phenoxy) is 1. The maximum absolute atomic E-state index is 5.68. The molecular weight excluding hydrogens is 268 g/mol.